The van der Waals surface area contributed by atoms with Gasteiger partial charge >= 0.3 is 0 Å². The summed E-state index contributed by atoms with van der Waals surface area (Å²) < 4.78 is 0.364. The predicted molar refractivity (Wildman–Crippen MR) is 102 cm³/mol. The number of unbranched alkanes of at least 4 members (excludes halogenated alkanes) is 8. The number of hydrogen-bond acceptors (Lipinski definition) is 4. The number of carboxylic acids is 1. The topological polar surface area (TPSA) is 72.4 Å². The molecule has 5 nitrogen and oxygen atoms in total. The molecule has 0 amide bonds. The number of carboxylic acid groups (broad SMARTS) is 1. The van der Waals surface area contributed by atoms with Crippen molar-refractivity contribution in [2.24, 2.45) is 0 Å². The Morgan fingerprint density at radius 3 is 1.92 bits per heavy atom. The van der Waals surface area contributed by atoms with Gasteiger partial charge in [0, 0.05) is 6.42 Å². The van der Waals surface area contributed by atoms with Gasteiger partial charge in [0.15, 0.2) is 0 Å². The van der Waals surface area contributed by atoms with Crippen LogP contribution in [0.4, 0.5) is 0 Å². The highest BCUT2D eigenvalue weighted by molar-refractivity contribution is 5.69. The number of nitrogens with zero attached hydrogens (tertiary/aromatic N) is 1. The monoisotopic (exact) mass is 358 g/mol. The van der Waals surface area contributed by atoms with Gasteiger partial charge in [0.1, 0.15) is 12.3 Å². The molecule has 0 aromatic heterocycles. The Labute approximate surface area is 155 Å². The second-order valence-corrected chi connectivity index (χ2v) is 8.18. The normalized spacial score (nSPS) is 14.4. The van der Waals surface area contributed by atoms with Crippen LogP contribution in [-0.2, 0) is 4.79 Å². The highest BCUT2D eigenvalue weighted by Gasteiger charge is 2.24. The summed E-state index contributed by atoms with van der Waals surface area (Å²) >= 11 is 0. The van der Waals surface area contributed by atoms with E-state index in [-0.39, 0.29) is 0 Å². The Kier molecular flexibility index (Phi) is 14.1. The van der Waals surface area contributed by atoms with E-state index in [1.807, 2.05) is 21.1 Å². The fourth-order valence-electron chi connectivity index (χ4n) is 3.14. The Hall–Kier alpha value is -0.650. The van der Waals surface area contributed by atoms with Gasteiger partial charge in [-0.05, 0) is 25.8 Å². The second kappa shape index (κ2) is 14.5. The van der Waals surface area contributed by atoms with E-state index in [2.05, 4.69) is 12.2 Å². The number of carbonyl (C=O) groups excluding carboxylic acids is 1. The number of nitrogens with one attached hydrogen (secondary N) is 1. The Bertz CT molecular complexity index is 329. The van der Waals surface area contributed by atoms with Crippen molar-refractivity contribution >= 4 is 5.97 Å². The predicted octanol–water partition coefficient (Wildman–Crippen LogP) is 2.42. The number of aliphatic carboxylic acids is 1. The van der Waals surface area contributed by atoms with Crippen LogP contribution in [0.25, 0.3) is 0 Å². The van der Waals surface area contributed by atoms with E-state index >= 15 is 0 Å². The van der Waals surface area contributed by atoms with Crippen LogP contribution in [0.3, 0.4) is 0 Å². The van der Waals surface area contributed by atoms with Crippen molar-refractivity contribution in [3.05, 3.63) is 0 Å². The van der Waals surface area contributed by atoms with E-state index in [1.54, 1.807) is 0 Å². The molecule has 0 heterocycles. The lowest BCUT2D eigenvalue weighted by molar-refractivity contribution is -0.889. The number of quaternary nitrogens is 1. The van der Waals surface area contributed by atoms with Gasteiger partial charge in [0.05, 0.1) is 27.1 Å². The summed E-state index contributed by atoms with van der Waals surface area (Å²) in [5, 5.41) is 24.2. The van der Waals surface area contributed by atoms with Crippen LogP contribution in [0.2, 0.25) is 0 Å². The molecule has 5 heteroatoms. The van der Waals surface area contributed by atoms with Crippen molar-refractivity contribution in [2.75, 3.05) is 27.7 Å². The molecule has 0 aliphatic carbocycles. The number of aliphatic hydroxyl groups excluding tert-OH is 1. The maximum Gasteiger partial charge on any atom is 0.129 e. The molecule has 25 heavy (non-hydrogen) atoms. The third-order valence-electron chi connectivity index (χ3n) is 4.82. The van der Waals surface area contributed by atoms with Crippen LogP contribution in [-0.4, -0.2) is 55.5 Å². The van der Waals surface area contributed by atoms with Crippen LogP contribution >= 0.6 is 0 Å². The van der Waals surface area contributed by atoms with Gasteiger partial charge < -0.3 is 19.5 Å². The SMILES string of the molecule is CCCCCCCCCCCC(O)NCCCC(C(=O)[O-])[N+](C)(C)C. The molecule has 0 radical (unpaired) electrons. The van der Waals surface area contributed by atoms with Crippen molar-refractivity contribution in [1.82, 2.24) is 5.32 Å². The highest BCUT2D eigenvalue weighted by Crippen LogP contribution is 2.12. The fraction of sp³-hybridized carbons (Fsp3) is 0.950. The van der Waals surface area contributed by atoms with Gasteiger partial charge in [0.25, 0.3) is 0 Å². The first kappa shape index (κ1) is 24.4. The quantitative estimate of drug-likeness (QED) is 0.238. The van der Waals surface area contributed by atoms with Gasteiger partial charge in [-0.3, -0.25) is 5.32 Å². The van der Waals surface area contributed by atoms with Gasteiger partial charge in [-0.1, -0.05) is 58.3 Å². The zero-order valence-corrected chi connectivity index (χ0v) is 17.1. The number of hydrogen-bond donors (Lipinski definition) is 2. The number of aliphatic hydroxyl groups is 1. The summed E-state index contributed by atoms with van der Waals surface area (Å²) in [5.74, 6) is -0.997. The molecule has 0 saturated heterocycles. The van der Waals surface area contributed by atoms with E-state index in [4.69, 9.17) is 0 Å². The minimum Gasteiger partial charge on any atom is -0.544 e. The zero-order chi connectivity index (χ0) is 19.1. The van der Waals surface area contributed by atoms with Gasteiger partial charge in [-0.25, -0.2) is 0 Å². The molecule has 0 spiro atoms. The fourth-order valence-corrected chi connectivity index (χ4v) is 3.14. The molecule has 0 saturated carbocycles. The Morgan fingerprint density at radius 1 is 0.920 bits per heavy atom. The standard InChI is InChI=1S/C20H42N2O3/c1-5-6-7-8-9-10-11-12-13-16-19(23)21-17-14-15-18(20(24)25)22(2,3)4/h18-19,21,23H,5-17H2,1-4H3. The summed E-state index contributed by atoms with van der Waals surface area (Å²) in [6.45, 7) is 2.88. The van der Waals surface area contributed by atoms with Crippen LogP contribution < -0.4 is 10.4 Å². The van der Waals surface area contributed by atoms with Crippen LogP contribution in [0.15, 0.2) is 0 Å². The van der Waals surface area contributed by atoms with Crippen molar-refractivity contribution in [1.29, 1.82) is 0 Å². The van der Waals surface area contributed by atoms with Crippen LogP contribution in [0, 0.1) is 0 Å². The summed E-state index contributed by atoms with van der Waals surface area (Å²) in [6.07, 6.45) is 13.1. The van der Waals surface area contributed by atoms with Crippen LogP contribution in [0.5, 0.6) is 0 Å². The van der Waals surface area contributed by atoms with Crippen LogP contribution in [0.1, 0.15) is 84.0 Å². The van der Waals surface area contributed by atoms with E-state index in [0.29, 0.717) is 17.4 Å². The molecule has 2 atom stereocenters. The molecule has 150 valence electrons. The molecule has 0 rings (SSSR count). The highest BCUT2D eigenvalue weighted by atomic mass is 16.4. The average Bonchev–Trinajstić information content (AvgIpc) is 2.51. The van der Waals surface area contributed by atoms with Gasteiger partial charge in [-0.2, -0.15) is 0 Å². The second-order valence-electron chi connectivity index (χ2n) is 8.18. The molecule has 2 unspecified atom stereocenters. The van der Waals surface area contributed by atoms with Crippen molar-refractivity contribution in [2.45, 2.75) is 96.2 Å². The number of rotatable bonds is 17. The lowest BCUT2D eigenvalue weighted by Gasteiger charge is -2.34. The number of carbonyl (C=O) groups is 1. The van der Waals surface area contributed by atoms with Gasteiger partial charge in [0.2, 0.25) is 0 Å². The summed E-state index contributed by atoms with van der Waals surface area (Å²) in [7, 11) is 5.60. The van der Waals surface area contributed by atoms with E-state index in [1.165, 1.54) is 51.4 Å². The summed E-state index contributed by atoms with van der Waals surface area (Å²) in [6, 6.07) is -0.503. The maximum absolute atomic E-state index is 11.2. The summed E-state index contributed by atoms with van der Waals surface area (Å²) in [4.78, 5) is 11.2. The van der Waals surface area contributed by atoms with E-state index in [9.17, 15) is 15.0 Å². The van der Waals surface area contributed by atoms with E-state index < -0.39 is 18.2 Å². The molecule has 0 bridgehead atoms. The lowest BCUT2D eigenvalue weighted by Crippen LogP contribution is -2.55. The Morgan fingerprint density at radius 2 is 1.44 bits per heavy atom. The van der Waals surface area contributed by atoms with E-state index in [0.717, 1.165) is 19.3 Å². The molecular weight excluding hydrogens is 316 g/mol. The average molecular weight is 359 g/mol. The molecule has 2 N–H and O–H groups in total. The number of likely N-dealkylation sites (N-methyl/N-ethyl adjacent to an activating group) is 1. The zero-order valence-electron chi connectivity index (χ0n) is 17.1. The van der Waals surface area contributed by atoms with Gasteiger partial charge in [-0.15, -0.1) is 0 Å². The first-order valence-corrected chi connectivity index (χ1v) is 10.2. The third-order valence-corrected chi connectivity index (χ3v) is 4.82. The van der Waals surface area contributed by atoms with Crippen molar-refractivity contribution in [3.63, 3.8) is 0 Å². The molecule has 0 fully saturated rings. The molecular formula is C20H42N2O3. The molecule has 0 aromatic rings. The van der Waals surface area contributed by atoms with Crippen molar-refractivity contribution in [3.8, 4) is 0 Å². The molecule has 0 aliphatic rings. The Balaban J connectivity index is 3.55. The minimum absolute atomic E-state index is 0.364. The lowest BCUT2D eigenvalue weighted by atomic mass is 10.1. The van der Waals surface area contributed by atoms with Crippen molar-refractivity contribution < 1.29 is 19.5 Å². The summed E-state index contributed by atoms with van der Waals surface area (Å²) in [5.41, 5.74) is 0. The minimum atomic E-state index is -0.997. The third kappa shape index (κ3) is 14.2. The first-order valence-electron chi connectivity index (χ1n) is 10.2. The molecule has 0 aromatic carbocycles. The smallest absolute Gasteiger partial charge is 0.129 e. The maximum atomic E-state index is 11.2. The molecule has 0 aliphatic heterocycles. The largest absolute Gasteiger partial charge is 0.544 e. The first-order chi connectivity index (χ1) is 11.8.